The van der Waals surface area contributed by atoms with E-state index in [0.29, 0.717) is 23.5 Å². The van der Waals surface area contributed by atoms with Crippen LogP contribution < -0.4 is 11.1 Å². The topological polar surface area (TPSA) is 68.0 Å². The second kappa shape index (κ2) is 5.26. The molecule has 1 heterocycles. The molecular weight excluding hydrogens is 190 g/mol. The van der Waals surface area contributed by atoms with Gasteiger partial charge in [0.15, 0.2) is 0 Å². The Morgan fingerprint density at radius 2 is 2.40 bits per heavy atom. The molecule has 0 radical (unpaired) electrons. The fraction of sp³-hybridized carbons (Fsp3) is 0.273. The lowest BCUT2D eigenvalue weighted by atomic mass is 10.2. The molecule has 15 heavy (non-hydrogen) atoms. The molecular formula is C11H15N3O. The third kappa shape index (κ3) is 2.89. The molecule has 3 N–H and O–H groups in total. The lowest BCUT2D eigenvalue weighted by Crippen LogP contribution is -2.15. The number of nitrogens with zero attached hydrogens (tertiary/aromatic N) is 1. The van der Waals surface area contributed by atoms with E-state index >= 15 is 0 Å². The third-order valence-electron chi connectivity index (χ3n) is 2.12. The number of hydrogen-bond donors (Lipinski definition) is 2. The number of nitrogens with two attached hydrogens (primary N) is 1. The SMILES string of the molecule is C/C=C(\C)C(=O)Nc1cccnc1CN. The Labute approximate surface area is 89.2 Å². The van der Waals surface area contributed by atoms with E-state index in [-0.39, 0.29) is 5.91 Å². The predicted octanol–water partition coefficient (Wildman–Crippen LogP) is 1.44. The van der Waals surface area contributed by atoms with Gasteiger partial charge in [-0.3, -0.25) is 9.78 Å². The van der Waals surface area contributed by atoms with Crippen LogP contribution in [0.25, 0.3) is 0 Å². The van der Waals surface area contributed by atoms with Gasteiger partial charge in [0.1, 0.15) is 0 Å². The van der Waals surface area contributed by atoms with Crippen LogP contribution in [0, 0.1) is 0 Å². The highest BCUT2D eigenvalue weighted by Gasteiger charge is 2.06. The molecule has 1 aromatic heterocycles. The Balaban J connectivity index is 2.85. The van der Waals surface area contributed by atoms with Gasteiger partial charge in [0.05, 0.1) is 11.4 Å². The summed E-state index contributed by atoms with van der Waals surface area (Å²) in [4.78, 5) is 15.6. The zero-order valence-corrected chi connectivity index (χ0v) is 8.95. The quantitative estimate of drug-likeness (QED) is 0.734. The summed E-state index contributed by atoms with van der Waals surface area (Å²) in [6, 6.07) is 3.55. The second-order valence-electron chi connectivity index (χ2n) is 3.13. The molecule has 80 valence electrons. The van der Waals surface area contributed by atoms with Gasteiger partial charge in [-0.25, -0.2) is 0 Å². The Morgan fingerprint density at radius 1 is 1.67 bits per heavy atom. The van der Waals surface area contributed by atoms with Gasteiger partial charge in [-0.05, 0) is 26.0 Å². The first-order valence-corrected chi connectivity index (χ1v) is 4.77. The van der Waals surface area contributed by atoms with E-state index in [1.165, 1.54) is 0 Å². The van der Waals surface area contributed by atoms with Crippen LogP contribution in [0.5, 0.6) is 0 Å². The van der Waals surface area contributed by atoms with Crippen molar-refractivity contribution < 1.29 is 4.79 Å². The molecule has 0 saturated carbocycles. The number of rotatable bonds is 3. The molecule has 1 aromatic rings. The molecule has 0 unspecified atom stereocenters. The van der Waals surface area contributed by atoms with Gasteiger partial charge < -0.3 is 11.1 Å². The number of pyridine rings is 1. The van der Waals surface area contributed by atoms with Crippen molar-refractivity contribution in [2.75, 3.05) is 5.32 Å². The van der Waals surface area contributed by atoms with Crippen LogP contribution in [0.3, 0.4) is 0 Å². The molecule has 0 fully saturated rings. The molecule has 0 aromatic carbocycles. The Kier molecular flexibility index (Phi) is 4.00. The molecule has 0 aliphatic rings. The lowest BCUT2D eigenvalue weighted by Gasteiger charge is -2.08. The van der Waals surface area contributed by atoms with E-state index in [1.807, 2.05) is 6.92 Å². The van der Waals surface area contributed by atoms with Gasteiger partial charge in [0, 0.05) is 18.3 Å². The van der Waals surface area contributed by atoms with Gasteiger partial charge in [-0.1, -0.05) is 6.08 Å². The van der Waals surface area contributed by atoms with Crippen molar-refractivity contribution in [3.05, 3.63) is 35.7 Å². The molecule has 0 aliphatic heterocycles. The van der Waals surface area contributed by atoms with Crippen LogP contribution in [0.1, 0.15) is 19.5 Å². The summed E-state index contributed by atoms with van der Waals surface area (Å²) < 4.78 is 0. The summed E-state index contributed by atoms with van der Waals surface area (Å²) in [6.45, 7) is 3.89. The number of carbonyl (C=O) groups excluding carboxylic acids is 1. The molecule has 1 amide bonds. The van der Waals surface area contributed by atoms with Gasteiger partial charge in [0.25, 0.3) is 5.91 Å². The monoisotopic (exact) mass is 205 g/mol. The van der Waals surface area contributed by atoms with E-state index in [2.05, 4.69) is 10.3 Å². The van der Waals surface area contributed by atoms with Gasteiger partial charge in [-0.2, -0.15) is 0 Å². The molecule has 4 nitrogen and oxygen atoms in total. The van der Waals surface area contributed by atoms with E-state index in [9.17, 15) is 4.79 Å². The summed E-state index contributed by atoms with van der Waals surface area (Å²) in [6.07, 6.45) is 3.41. The van der Waals surface area contributed by atoms with Crippen molar-refractivity contribution in [3.63, 3.8) is 0 Å². The Hall–Kier alpha value is -1.68. The van der Waals surface area contributed by atoms with Crippen molar-refractivity contribution >= 4 is 11.6 Å². The maximum Gasteiger partial charge on any atom is 0.251 e. The smallest absolute Gasteiger partial charge is 0.251 e. The highest BCUT2D eigenvalue weighted by molar-refractivity contribution is 6.03. The van der Waals surface area contributed by atoms with E-state index in [1.54, 1.807) is 31.3 Å². The molecule has 0 atom stereocenters. The van der Waals surface area contributed by atoms with Crippen molar-refractivity contribution in [2.45, 2.75) is 20.4 Å². The molecule has 0 saturated heterocycles. The molecule has 4 heteroatoms. The number of nitrogens with one attached hydrogen (secondary N) is 1. The number of allylic oxidation sites excluding steroid dienone is 1. The fourth-order valence-electron chi connectivity index (χ4n) is 1.07. The minimum absolute atomic E-state index is 0.125. The summed E-state index contributed by atoms with van der Waals surface area (Å²) in [5.74, 6) is -0.125. The Morgan fingerprint density at radius 3 is 3.00 bits per heavy atom. The molecule has 0 bridgehead atoms. The zero-order valence-electron chi connectivity index (χ0n) is 8.95. The number of hydrogen-bond acceptors (Lipinski definition) is 3. The summed E-state index contributed by atoms with van der Waals surface area (Å²) in [7, 11) is 0. The van der Waals surface area contributed by atoms with E-state index in [0.717, 1.165) is 0 Å². The first-order valence-electron chi connectivity index (χ1n) is 4.77. The number of anilines is 1. The van der Waals surface area contributed by atoms with Crippen LogP contribution in [0.4, 0.5) is 5.69 Å². The fourth-order valence-corrected chi connectivity index (χ4v) is 1.07. The number of aromatic nitrogens is 1. The normalized spacial score (nSPS) is 11.3. The third-order valence-corrected chi connectivity index (χ3v) is 2.12. The van der Waals surface area contributed by atoms with Gasteiger partial charge in [-0.15, -0.1) is 0 Å². The lowest BCUT2D eigenvalue weighted by molar-refractivity contribution is -0.112. The maximum absolute atomic E-state index is 11.6. The summed E-state index contributed by atoms with van der Waals surface area (Å²) in [5, 5.41) is 2.76. The maximum atomic E-state index is 11.6. The van der Waals surface area contributed by atoms with Crippen LogP contribution >= 0.6 is 0 Å². The van der Waals surface area contributed by atoms with Crippen LogP contribution in [0.2, 0.25) is 0 Å². The van der Waals surface area contributed by atoms with Crippen molar-refractivity contribution in [3.8, 4) is 0 Å². The largest absolute Gasteiger partial charge is 0.325 e. The summed E-state index contributed by atoms with van der Waals surface area (Å²) >= 11 is 0. The van der Waals surface area contributed by atoms with Crippen LogP contribution in [-0.4, -0.2) is 10.9 Å². The zero-order chi connectivity index (χ0) is 11.3. The van der Waals surface area contributed by atoms with Crippen molar-refractivity contribution in [1.29, 1.82) is 0 Å². The van der Waals surface area contributed by atoms with E-state index < -0.39 is 0 Å². The van der Waals surface area contributed by atoms with Gasteiger partial charge in [0.2, 0.25) is 0 Å². The van der Waals surface area contributed by atoms with Crippen molar-refractivity contribution in [1.82, 2.24) is 4.98 Å². The predicted molar refractivity (Wildman–Crippen MR) is 60.2 cm³/mol. The van der Waals surface area contributed by atoms with Gasteiger partial charge >= 0.3 is 0 Å². The van der Waals surface area contributed by atoms with E-state index in [4.69, 9.17) is 5.73 Å². The minimum atomic E-state index is -0.125. The standard InChI is InChI=1S/C11H15N3O/c1-3-8(2)11(15)14-9-5-4-6-13-10(9)7-12/h3-6H,7,12H2,1-2H3,(H,14,15)/b8-3+. The molecule has 0 aliphatic carbocycles. The average molecular weight is 205 g/mol. The molecule has 0 spiro atoms. The first-order chi connectivity index (χ1) is 7.19. The highest BCUT2D eigenvalue weighted by atomic mass is 16.1. The average Bonchev–Trinajstić information content (AvgIpc) is 2.28. The minimum Gasteiger partial charge on any atom is -0.325 e. The Bertz CT molecular complexity index is 385. The van der Waals surface area contributed by atoms with Crippen molar-refractivity contribution in [2.24, 2.45) is 5.73 Å². The summed E-state index contributed by atoms with van der Waals surface area (Å²) in [5.41, 5.74) is 7.54. The second-order valence-corrected chi connectivity index (χ2v) is 3.13. The van der Waals surface area contributed by atoms with Crippen LogP contribution in [0.15, 0.2) is 30.0 Å². The molecule has 1 rings (SSSR count). The number of amides is 1. The van der Waals surface area contributed by atoms with Crippen LogP contribution in [-0.2, 0) is 11.3 Å². The first kappa shape index (κ1) is 11.4. The number of carbonyl (C=O) groups is 1. The highest BCUT2D eigenvalue weighted by Crippen LogP contribution is 2.12.